The molecule has 1 heterocycles. The molecule has 2 aromatic carbocycles. The van der Waals surface area contributed by atoms with Gasteiger partial charge < -0.3 is 9.47 Å². The van der Waals surface area contributed by atoms with Crippen molar-refractivity contribution in [1.82, 2.24) is 15.2 Å². The molecule has 0 saturated heterocycles. The average molecular weight is 380 g/mol. The van der Waals surface area contributed by atoms with Gasteiger partial charge in [-0.25, -0.2) is 10.1 Å². The molecule has 1 N–H and O–H groups in total. The van der Waals surface area contributed by atoms with Crippen molar-refractivity contribution >= 4 is 22.9 Å². The van der Waals surface area contributed by atoms with Gasteiger partial charge in [-0.3, -0.25) is 9.59 Å². The molecular formula is C20H20N4O4. The summed E-state index contributed by atoms with van der Waals surface area (Å²) in [5, 5.41) is 8.95. The van der Waals surface area contributed by atoms with E-state index in [1.165, 1.54) is 13.3 Å². The van der Waals surface area contributed by atoms with Crippen LogP contribution >= 0.6 is 0 Å². The molecule has 8 nitrogen and oxygen atoms in total. The molecule has 1 aromatic heterocycles. The molecule has 144 valence electrons. The Morgan fingerprint density at radius 2 is 1.96 bits per heavy atom. The number of aromatic nitrogens is 2. The van der Waals surface area contributed by atoms with E-state index >= 15 is 0 Å². The normalized spacial score (nSPS) is 11.0. The lowest BCUT2D eigenvalue weighted by molar-refractivity contribution is 0.0950. The number of hydrogen-bond acceptors (Lipinski definition) is 6. The minimum atomic E-state index is -0.512. The maximum absolute atomic E-state index is 12.5. The Balaban J connectivity index is 1.83. The molecule has 0 radical (unpaired) electrons. The first-order valence-corrected chi connectivity index (χ1v) is 8.65. The van der Waals surface area contributed by atoms with Gasteiger partial charge in [0, 0.05) is 12.4 Å². The molecule has 0 unspecified atom stereocenters. The van der Waals surface area contributed by atoms with E-state index in [0.717, 1.165) is 10.2 Å². The second-order valence-corrected chi connectivity index (χ2v) is 5.87. The molecule has 0 saturated carbocycles. The Labute approximate surface area is 161 Å². The van der Waals surface area contributed by atoms with Crippen LogP contribution < -0.4 is 20.5 Å². The van der Waals surface area contributed by atoms with Gasteiger partial charge in [0.05, 0.1) is 25.3 Å². The molecule has 0 aliphatic rings. The van der Waals surface area contributed by atoms with Crippen molar-refractivity contribution in [2.45, 2.75) is 6.92 Å². The van der Waals surface area contributed by atoms with Crippen molar-refractivity contribution in [3.63, 3.8) is 0 Å². The molecule has 0 spiro atoms. The minimum absolute atomic E-state index is 0.125. The summed E-state index contributed by atoms with van der Waals surface area (Å²) in [5.41, 5.74) is 3.03. The standard InChI is InChI=1S/C20H20N4O4/c1-4-28-17-11-13(9-10-16(17)27-3)12-21-22-19(25)18-14-7-5-6-8-15(14)20(26)24(2)23-18/h5-12H,4H2,1-3H3,(H,22,25). The van der Waals surface area contributed by atoms with Crippen LogP contribution in [-0.4, -0.2) is 35.6 Å². The summed E-state index contributed by atoms with van der Waals surface area (Å²) in [6, 6.07) is 12.1. The van der Waals surface area contributed by atoms with E-state index in [-0.39, 0.29) is 11.3 Å². The third-order valence-corrected chi connectivity index (χ3v) is 4.04. The zero-order valence-electron chi connectivity index (χ0n) is 15.8. The van der Waals surface area contributed by atoms with Crippen molar-refractivity contribution in [2.75, 3.05) is 13.7 Å². The van der Waals surface area contributed by atoms with E-state index in [1.54, 1.807) is 49.6 Å². The number of carbonyl (C=O) groups is 1. The smallest absolute Gasteiger partial charge is 0.292 e. The summed E-state index contributed by atoms with van der Waals surface area (Å²) in [6.07, 6.45) is 1.49. The lowest BCUT2D eigenvalue weighted by atomic mass is 10.1. The topological polar surface area (TPSA) is 94.8 Å². The van der Waals surface area contributed by atoms with Crippen LogP contribution in [0.1, 0.15) is 23.0 Å². The number of nitrogens with one attached hydrogen (secondary N) is 1. The van der Waals surface area contributed by atoms with Crippen LogP contribution in [0, 0.1) is 0 Å². The quantitative estimate of drug-likeness (QED) is 0.522. The van der Waals surface area contributed by atoms with Gasteiger partial charge in [-0.05, 0) is 36.8 Å². The Bertz CT molecular complexity index is 1110. The van der Waals surface area contributed by atoms with Crippen LogP contribution in [-0.2, 0) is 7.05 Å². The number of carbonyl (C=O) groups excluding carboxylic acids is 1. The van der Waals surface area contributed by atoms with Gasteiger partial charge in [0.1, 0.15) is 0 Å². The number of hydrogen-bond donors (Lipinski definition) is 1. The van der Waals surface area contributed by atoms with Crippen LogP contribution in [0.2, 0.25) is 0 Å². The monoisotopic (exact) mass is 380 g/mol. The SMILES string of the molecule is CCOc1cc(C=NNC(=O)c2nn(C)c(=O)c3ccccc23)ccc1OC. The third kappa shape index (κ3) is 3.85. The molecule has 1 amide bonds. The zero-order chi connectivity index (χ0) is 20.1. The number of hydrazone groups is 1. The number of benzene rings is 2. The maximum atomic E-state index is 12.5. The van der Waals surface area contributed by atoms with Crippen LogP contribution in [0.25, 0.3) is 10.8 Å². The molecular weight excluding hydrogens is 360 g/mol. The minimum Gasteiger partial charge on any atom is -0.493 e. The van der Waals surface area contributed by atoms with Gasteiger partial charge in [0.25, 0.3) is 11.5 Å². The average Bonchev–Trinajstić information content (AvgIpc) is 2.71. The van der Waals surface area contributed by atoms with E-state index in [9.17, 15) is 9.59 Å². The highest BCUT2D eigenvalue weighted by molar-refractivity contribution is 6.04. The van der Waals surface area contributed by atoms with E-state index < -0.39 is 5.91 Å². The fourth-order valence-corrected chi connectivity index (χ4v) is 2.73. The Morgan fingerprint density at radius 3 is 2.68 bits per heavy atom. The van der Waals surface area contributed by atoms with Crippen molar-refractivity contribution in [2.24, 2.45) is 12.1 Å². The van der Waals surface area contributed by atoms with Gasteiger partial charge in [0.2, 0.25) is 0 Å². The highest BCUT2D eigenvalue weighted by Crippen LogP contribution is 2.27. The highest BCUT2D eigenvalue weighted by atomic mass is 16.5. The summed E-state index contributed by atoms with van der Waals surface area (Å²) in [7, 11) is 3.07. The second-order valence-electron chi connectivity index (χ2n) is 5.87. The third-order valence-electron chi connectivity index (χ3n) is 4.04. The second kappa shape index (κ2) is 8.34. The lowest BCUT2D eigenvalue weighted by Gasteiger charge is -2.09. The number of aryl methyl sites for hydroxylation is 1. The van der Waals surface area contributed by atoms with Gasteiger partial charge in [-0.2, -0.15) is 10.2 Å². The first-order chi connectivity index (χ1) is 13.5. The Morgan fingerprint density at radius 1 is 1.21 bits per heavy atom. The van der Waals surface area contributed by atoms with E-state index in [4.69, 9.17) is 9.47 Å². The van der Waals surface area contributed by atoms with Gasteiger partial charge in [-0.15, -0.1) is 0 Å². The van der Waals surface area contributed by atoms with Crippen LogP contribution in [0.15, 0.2) is 52.4 Å². The van der Waals surface area contributed by atoms with Crippen LogP contribution in [0.3, 0.4) is 0 Å². The number of methoxy groups -OCH3 is 1. The van der Waals surface area contributed by atoms with Crippen molar-refractivity contribution in [1.29, 1.82) is 0 Å². The summed E-state index contributed by atoms with van der Waals surface area (Å²) in [6.45, 7) is 2.38. The van der Waals surface area contributed by atoms with Gasteiger partial charge in [-0.1, -0.05) is 18.2 Å². The zero-order valence-corrected chi connectivity index (χ0v) is 15.8. The molecule has 8 heteroatoms. The predicted molar refractivity (Wildman–Crippen MR) is 106 cm³/mol. The van der Waals surface area contributed by atoms with Crippen molar-refractivity contribution in [3.8, 4) is 11.5 Å². The van der Waals surface area contributed by atoms with E-state index in [2.05, 4.69) is 15.6 Å². The summed E-state index contributed by atoms with van der Waals surface area (Å²) >= 11 is 0. The summed E-state index contributed by atoms with van der Waals surface area (Å²) < 4.78 is 11.9. The maximum Gasteiger partial charge on any atom is 0.292 e. The lowest BCUT2D eigenvalue weighted by Crippen LogP contribution is -2.27. The van der Waals surface area contributed by atoms with Crippen LogP contribution in [0.5, 0.6) is 11.5 Å². The highest BCUT2D eigenvalue weighted by Gasteiger charge is 2.15. The fraction of sp³-hybridized carbons (Fsp3) is 0.200. The number of ether oxygens (including phenoxy) is 2. The molecule has 3 rings (SSSR count). The Hall–Kier alpha value is -3.68. The summed E-state index contributed by atoms with van der Waals surface area (Å²) in [5.74, 6) is 0.691. The first-order valence-electron chi connectivity index (χ1n) is 8.65. The predicted octanol–water partition coefficient (Wildman–Crippen LogP) is 2.10. The molecule has 0 aliphatic carbocycles. The van der Waals surface area contributed by atoms with E-state index in [0.29, 0.717) is 28.9 Å². The largest absolute Gasteiger partial charge is 0.493 e. The molecule has 0 bridgehead atoms. The molecule has 3 aromatic rings. The van der Waals surface area contributed by atoms with Crippen molar-refractivity contribution in [3.05, 3.63) is 64.1 Å². The van der Waals surface area contributed by atoms with Gasteiger partial charge >= 0.3 is 0 Å². The molecule has 28 heavy (non-hydrogen) atoms. The number of fused-ring (bicyclic) bond motifs is 1. The van der Waals surface area contributed by atoms with E-state index in [1.807, 2.05) is 6.92 Å². The first kappa shape index (κ1) is 19.1. The number of amides is 1. The number of rotatable bonds is 6. The molecule has 0 aliphatic heterocycles. The summed E-state index contributed by atoms with van der Waals surface area (Å²) in [4.78, 5) is 24.7. The fourth-order valence-electron chi connectivity index (χ4n) is 2.73. The van der Waals surface area contributed by atoms with Crippen LogP contribution in [0.4, 0.5) is 0 Å². The van der Waals surface area contributed by atoms with Crippen molar-refractivity contribution < 1.29 is 14.3 Å². The molecule has 0 atom stereocenters. The molecule has 0 fully saturated rings. The number of nitrogens with zero attached hydrogens (tertiary/aromatic N) is 3. The Kier molecular flexibility index (Phi) is 5.69. The van der Waals surface area contributed by atoms with Gasteiger partial charge in [0.15, 0.2) is 17.2 Å².